The maximum Gasteiger partial charge on any atom is 0.264 e. The lowest BCUT2D eigenvalue weighted by Gasteiger charge is -2.23. The molecule has 0 bridgehead atoms. The number of carbonyl (C=O) groups excluding carboxylic acids is 1. The third-order valence-corrected chi connectivity index (χ3v) is 6.76. The monoisotopic (exact) mass is 465 g/mol. The van der Waals surface area contributed by atoms with Crippen molar-refractivity contribution in [3.63, 3.8) is 0 Å². The van der Waals surface area contributed by atoms with E-state index in [1.807, 2.05) is 24.3 Å². The Hall–Kier alpha value is -3.72. The van der Waals surface area contributed by atoms with Gasteiger partial charge in [0.15, 0.2) is 0 Å². The molecule has 1 amide bonds. The topological polar surface area (TPSA) is 95.0 Å². The molecule has 0 aliphatic carbocycles. The second-order valence-corrected chi connectivity index (χ2v) is 8.96. The van der Waals surface area contributed by atoms with Gasteiger partial charge < -0.3 is 4.90 Å². The van der Waals surface area contributed by atoms with E-state index in [2.05, 4.69) is 34.3 Å². The van der Waals surface area contributed by atoms with Crippen molar-refractivity contribution in [2.75, 3.05) is 28.8 Å². The van der Waals surface area contributed by atoms with Gasteiger partial charge >= 0.3 is 0 Å². The van der Waals surface area contributed by atoms with Crippen molar-refractivity contribution in [2.24, 2.45) is 5.10 Å². The molecule has 3 rings (SSSR count). The molecule has 2 aromatic carbocycles. The lowest BCUT2D eigenvalue weighted by molar-refractivity contribution is -0.119. The molecule has 3 aromatic rings. The van der Waals surface area contributed by atoms with E-state index in [-0.39, 0.29) is 10.6 Å². The molecule has 0 aliphatic heterocycles. The molecule has 0 unspecified atom stereocenters. The number of hydrogen-bond donors (Lipinski definition) is 1. The minimum atomic E-state index is -3.97. The van der Waals surface area contributed by atoms with Crippen LogP contribution in [-0.4, -0.2) is 45.2 Å². The number of hydrogen-bond acceptors (Lipinski definition) is 6. The predicted molar refractivity (Wildman–Crippen MR) is 131 cm³/mol. The Labute approximate surface area is 194 Å². The number of benzene rings is 2. The van der Waals surface area contributed by atoms with E-state index in [0.717, 1.165) is 28.6 Å². The number of nitrogens with one attached hydrogen (secondary N) is 1. The van der Waals surface area contributed by atoms with Gasteiger partial charge in [0.1, 0.15) is 6.54 Å². The molecule has 0 aliphatic rings. The molecule has 1 aromatic heterocycles. The fourth-order valence-electron chi connectivity index (χ4n) is 3.24. The molecule has 0 radical (unpaired) electrons. The summed E-state index contributed by atoms with van der Waals surface area (Å²) in [6, 6.07) is 18.9. The van der Waals surface area contributed by atoms with Crippen molar-refractivity contribution in [3.8, 4) is 0 Å². The number of amides is 1. The number of rotatable bonds is 10. The van der Waals surface area contributed by atoms with Crippen LogP contribution in [0.3, 0.4) is 0 Å². The van der Waals surface area contributed by atoms with Crippen LogP contribution >= 0.6 is 0 Å². The number of pyridine rings is 1. The first-order valence-corrected chi connectivity index (χ1v) is 12.0. The summed E-state index contributed by atoms with van der Waals surface area (Å²) in [5.74, 6) is -0.575. The van der Waals surface area contributed by atoms with Crippen molar-refractivity contribution in [1.29, 1.82) is 0 Å². The maximum absolute atomic E-state index is 13.2. The molecule has 8 nitrogen and oxygen atoms in total. The van der Waals surface area contributed by atoms with E-state index in [4.69, 9.17) is 0 Å². The van der Waals surface area contributed by atoms with Crippen LogP contribution in [0.15, 0.2) is 89.1 Å². The van der Waals surface area contributed by atoms with Crippen LogP contribution in [0.25, 0.3) is 0 Å². The highest BCUT2D eigenvalue weighted by atomic mass is 32.2. The number of anilines is 2. The van der Waals surface area contributed by atoms with Crippen molar-refractivity contribution >= 4 is 33.5 Å². The zero-order valence-electron chi connectivity index (χ0n) is 18.6. The van der Waals surface area contributed by atoms with Gasteiger partial charge in [-0.1, -0.05) is 30.3 Å². The molecule has 0 fully saturated rings. The van der Waals surface area contributed by atoms with Crippen LogP contribution in [0, 0.1) is 0 Å². The molecule has 33 heavy (non-hydrogen) atoms. The van der Waals surface area contributed by atoms with E-state index in [1.165, 1.54) is 30.7 Å². The average molecular weight is 466 g/mol. The summed E-state index contributed by atoms with van der Waals surface area (Å²) in [5, 5.41) is 3.98. The second kappa shape index (κ2) is 11.2. The Morgan fingerprint density at radius 1 is 0.970 bits per heavy atom. The van der Waals surface area contributed by atoms with E-state index >= 15 is 0 Å². The van der Waals surface area contributed by atoms with Crippen molar-refractivity contribution in [3.05, 3.63) is 84.7 Å². The molecule has 1 heterocycles. The van der Waals surface area contributed by atoms with Gasteiger partial charge in [-0.3, -0.25) is 14.1 Å². The van der Waals surface area contributed by atoms with Crippen LogP contribution in [-0.2, 0) is 14.8 Å². The first-order valence-electron chi connectivity index (χ1n) is 10.6. The fourth-order valence-corrected chi connectivity index (χ4v) is 4.67. The Morgan fingerprint density at radius 3 is 2.27 bits per heavy atom. The number of carbonyl (C=O) groups is 1. The van der Waals surface area contributed by atoms with Crippen LogP contribution < -0.4 is 14.6 Å². The zero-order chi connectivity index (χ0) is 23.7. The van der Waals surface area contributed by atoms with Gasteiger partial charge in [0, 0.05) is 25.0 Å². The summed E-state index contributed by atoms with van der Waals surface area (Å²) < 4.78 is 27.4. The van der Waals surface area contributed by atoms with Crippen molar-refractivity contribution in [2.45, 2.75) is 18.7 Å². The van der Waals surface area contributed by atoms with Gasteiger partial charge in [-0.2, -0.15) is 5.10 Å². The zero-order valence-corrected chi connectivity index (χ0v) is 19.4. The molecule has 0 atom stereocenters. The van der Waals surface area contributed by atoms with Gasteiger partial charge in [-0.05, 0) is 55.8 Å². The summed E-state index contributed by atoms with van der Waals surface area (Å²) in [6.07, 6.45) is 4.45. The lowest BCUT2D eigenvalue weighted by Crippen LogP contribution is -2.39. The van der Waals surface area contributed by atoms with Gasteiger partial charge in [0.05, 0.1) is 23.0 Å². The third-order valence-electron chi connectivity index (χ3n) is 4.98. The van der Waals surface area contributed by atoms with E-state index in [9.17, 15) is 13.2 Å². The molecule has 0 saturated carbocycles. The summed E-state index contributed by atoms with van der Waals surface area (Å²) >= 11 is 0. The Kier molecular flexibility index (Phi) is 8.15. The van der Waals surface area contributed by atoms with Crippen LogP contribution in [0.2, 0.25) is 0 Å². The highest BCUT2D eigenvalue weighted by Gasteiger charge is 2.27. The van der Waals surface area contributed by atoms with Crippen LogP contribution in [0.1, 0.15) is 19.4 Å². The van der Waals surface area contributed by atoms with Crippen LogP contribution in [0.4, 0.5) is 11.4 Å². The quantitative estimate of drug-likeness (QED) is 0.366. The standard InChI is InChI=1S/C24H27N5O3S/c1-3-28(4-2)21-14-12-20(13-15-21)17-26-27-24(30)19-29(22-9-8-16-25-18-22)33(31,32)23-10-6-5-7-11-23/h5-18H,3-4,19H2,1-2H3,(H,27,30)/b26-17-. The largest absolute Gasteiger partial charge is 0.372 e. The molecule has 0 spiro atoms. The Morgan fingerprint density at radius 2 is 1.67 bits per heavy atom. The van der Waals surface area contributed by atoms with Gasteiger partial charge in [0.25, 0.3) is 15.9 Å². The van der Waals surface area contributed by atoms with Crippen molar-refractivity contribution in [1.82, 2.24) is 10.4 Å². The highest BCUT2D eigenvalue weighted by Crippen LogP contribution is 2.22. The lowest BCUT2D eigenvalue weighted by atomic mass is 10.2. The minimum Gasteiger partial charge on any atom is -0.372 e. The number of aromatic nitrogens is 1. The van der Waals surface area contributed by atoms with E-state index < -0.39 is 22.5 Å². The highest BCUT2D eigenvalue weighted by molar-refractivity contribution is 7.92. The average Bonchev–Trinajstić information content (AvgIpc) is 2.85. The molecular formula is C24H27N5O3S. The SMILES string of the molecule is CCN(CC)c1ccc(/C=N\NC(=O)CN(c2cccnc2)S(=O)(=O)c2ccccc2)cc1. The van der Waals surface area contributed by atoms with E-state index in [1.54, 1.807) is 30.3 Å². The van der Waals surface area contributed by atoms with Gasteiger partial charge in [-0.25, -0.2) is 13.8 Å². The summed E-state index contributed by atoms with van der Waals surface area (Å²) in [5.41, 5.74) is 4.62. The maximum atomic E-state index is 13.2. The van der Waals surface area contributed by atoms with Gasteiger partial charge in [-0.15, -0.1) is 0 Å². The first-order chi connectivity index (χ1) is 16.0. The molecule has 172 valence electrons. The molecule has 9 heteroatoms. The first kappa shape index (κ1) is 23.9. The molecular weight excluding hydrogens is 438 g/mol. The summed E-state index contributed by atoms with van der Waals surface area (Å²) in [6.45, 7) is 5.59. The number of hydrazone groups is 1. The smallest absolute Gasteiger partial charge is 0.264 e. The normalized spacial score (nSPS) is 11.3. The molecule has 0 saturated heterocycles. The Balaban J connectivity index is 1.72. The fraction of sp³-hybridized carbons (Fsp3) is 0.208. The summed E-state index contributed by atoms with van der Waals surface area (Å²) in [7, 11) is -3.97. The summed E-state index contributed by atoms with van der Waals surface area (Å²) in [4.78, 5) is 18.8. The van der Waals surface area contributed by atoms with Gasteiger partial charge in [0.2, 0.25) is 0 Å². The van der Waals surface area contributed by atoms with E-state index in [0.29, 0.717) is 0 Å². The second-order valence-electron chi connectivity index (χ2n) is 7.09. The van der Waals surface area contributed by atoms with Crippen molar-refractivity contribution < 1.29 is 13.2 Å². The number of nitrogens with zero attached hydrogens (tertiary/aromatic N) is 4. The Bertz CT molecular complexity index is 1160. The molecule has 1 N–H and O–H groups in total. The predicted octanol–water partition coefficient (Wildman–Crippen LogP) is 3.27. The number of sulfonamides is 1. The minimum absolute atomic E-state index is 0.0819. The van der Waals surface area contributed by atoms with Crippen LogP contribution in [0.5, 0.6) is 0 Å². The third kappa shape index (κ3) is 6.17.